The molecule has 3 N–H and O–H groups in total. The number of aliphatic hydroxyl groups excluding tert-OH is 1. The van der Waals surface area contributed by atoms with Gasteiger partial charge in [0.25, 0.3) is 0 Å². The van der Waals surface area contributed by atoms with Crippen molar-refractivity contribution in [2.75, 3.05) is 24.7 Å². The maximum Gasteiger partial charge on any atom is 0.408 e. The van der Waals surface area contributed by atoms with Crippen LogP contribution in [0.15, 0.2) is 0 Å². The number of aliphatic hydroxyl groups is 1. The number of rotatable bonds is 10. The van der Waals surface area contributed by atoms with Gasteiger partial charge in [-0.25, -0.2) is 4.79 Å². The highest BCUT2D eigenvalue weighted by Gasteiger charge is 2.28. The molecule has 8 nitrogen and oxygen atoms in total. The summed E-state index contributed by atoms with van der Waals surface area (Å²) in [4.78, 5) is 36.5. The molecular weight excluding hydrogens is 372 g/mol. The molecule has 27 heavy (non-hydrogen) atoms. The highest BCUT2D eigenvalue weighted by molar-refractivity contribution is 7.99. The minimum atomic E-state index is -0.909. The molecule has 0 spiro atoms. The molecule has 0 aliphatic rings. The molecule has 0 aromatic carbocycles. The largest absolute Gasteiger partial charge is 0.444 e. The van der Waals surface area contributed by atoms with Gasteiger partial charge in [0.05, 0.1) is 18.8 Å². The fourth-order valence-electron chi connectivity index (χ4n) is 1.76. The van der Waals surface area contributed by atoms with Gasteiger partial charge in [-0.2, -0.15) is 11.8 Å². The normalized spacial score (nSPS) is 14.2. The SMILES string of the molecule is CC(=O)[C@H](COC(C)(C)C)NC(=O)[C@H](CSCCO)NC(=O)OC(C)(C)C. The smallest absolute Gasteiger partial charge is 0.408 e. The zero-order valence-electron chi connectivity index (χ0n) is 17.4. The average Bonchev–Trinajstić information content (AvgIpc) is 2.47. The Morgan fingerprint density at radius 2 is 1.59 bits per heavy atom. The van der Waals surface area contributed by atoms with Crippen molar-refractivity contribution in [3.63, 3.8) is 0 Å². The summed E-state index contributed by atoms with van der Waals surface area (Å²) >= 11 is 1.31. The van der Waals surface area contributed by atoms with E-state index in [1.807, 2.05) is 20.8 Å². The van der Waals surface area contributed by atoms with Crippen LogP contribution in [0.4, 0.5) is 4.79 Å². The van der Waals surface area contributed by atoms with E-state index in [9.17, 15) is 14.4 Å². The molecular formula is C18H34N2O6S. The summed E-state index contributed by atoms with van der Waals surface area (Å²) in [6, 6.07) is -1.73. The van der Waals surface area contributed by atoms with Crippen LogP contribution in [0.2, 0.25) is 0 Å². The Kier molecular flexibility index (Phi) is 10.9. The molecule has 0 rings (SSSR count). The van der Waals surface area contributed by atoms with Gasteiger partial charge in [0.15, 0.2) is 5.78 Å². The van der Waals surface area contributed by atoms with Crippen molar-refractivity contribution in [3.8, 4) is 0 Å². The fraction of sp³-hybridized carbons (Fsp3) is 0.833. The molecule has 0 aromatic rings. The number of hydrogen-bond acceptors (Lipinski definition) is 7. The predicted octanol–water partition coefficient (Wildman–Crippen LogP) is 1.49. The summed E-state index contributed by atoms with van der Waals surface area (Å²) in [6.07, 6.45) is -0.724. The van der Waals surface area contributed by atoms with E-state index in [4.69, 9.17) is 14.6 Å². The minimum absolute atomic E-state index is 0.0352. The van der Waals surface area contributed by atoms with Crippen molar-refractivity contribution >= 4 is 29.5 Å². The van der Waals surface area contributed by atoms with Gasteiger partial charge >= 0.3 is 6.09 Å². The average molecular weight is 407 g/mol. The first kappa shape index (κ1) is 25.7. The lowest BCUT2D eigenvalue weighted by Gasteiger charge is -2.26. The predicted molar refractivity (Wildman–Crippen MR) is 106 cm³/mol. The first-order valence-corrected chi connectivity index (χ1v) is 10.0. The van der Waals surface area contributed by atoms with E-state index in [2.05, 4.69) is 10.6 Å². The summed E-state index contributed by atoms with van der Waals surface area (Å²) in [5.41, 5.74) is -1.16. The van der Waals surface area contributed by atoms with Crippen molar-refractivity contribution in [3.05, 3.63) is 0 Å². The molecule has 9 heteroatoms. The molecule has 158 valence electrons. The first-order valence-electron chi connectivity index (χ1n) is 8.88. The lowest BCUT2D eigenvalue weighted by molar-refractivity contribution is -0.130. The Bertz CT molecular complexity index is 499. The standard InChI is InChI=1S/C18H34N2O6S/c1-12(22)13(10-25-17(2,3)4)19-15(23)14(11-27-9-8-21)20-16(24)26-18(5,6)7/h13-14,21H,8-11H2,1-7H3,(H,19,23)(H,20,24)/t13-,14-/m0/s1. The summed E-state index contributed by atoms with van der Waals surface area (Å²) < 4.78 is 10.8. The molecule has 0 aliphatic heterocycles. The number of thioether (sulfide) groups is 1. The summed E-state index contributed by atoms with van der Waals surface area (Å²) in [5.74, 6) is -0.102. The Labute approximate surface area is 166 Å². The van der Waals surface area contributed by atoms with E-state index in [-0.39, 0.29) is 24.7 Å². The Balaban J connectivity index is 5.01. The third-order valence-corrected chi connectivity index (χ3v) is 4.06. The molecule has 0 heterocycles. The van der Waals surface area contributed by atoms with Crippen molar-refractivity contribution in [2.24, 2.45) is 0 Å². The Morgan fingerprint density at radius 1 is 1.00 bits per heavy atom. The molecule has 0 fully saturated rings. The molecule has 0 bridgehead atoms. The molecule has 0 saturated carbocycles. The molecule has 0 radical (unpaired) electrons. The summed E-state index contributed by atoms with van der Waals surface area (Å²) in [6.45, 7) is 12.1. The molecule has 0 aromatic heterocycles. The second kappa shape index (κ2) is 11.5. The maximum absolute atomic E-state index is 12.6. The number of ketones is 1. The van der Waals surface area contributed by atoms with Gasteiger partial charge in [0, 0.05) is 11.5 Å². The van der Waals surface area contributed by atoms with Crippen LogP contribution in [-0.4, -0.2) is 70.9 Å². The third-order valence-electron chi connectivity index (χ3n) is 3.02. The van der Waals surface area contributed by atoms with Crippen molar-refractivity contribution in [1.82, 2.24) is 10.6 Å². The zero-order valence-corrected chi connectivity index (χ0v) is 18.2. The van der Waals surface area contributed by atoms with Gasteiger partial charge in [-0.05, 0) is 48.5 Å². The monoisotopic (exact) mass is 406 g/mol. The van der Waals surface area contributed by atoms with E-state index < -0.39 is 35.3 Å². The van der Waals surface area contributed by atoms with Crippen LogP contribution in [0.1, 0.15) is 48.5 Å². The van der Waals surface area contributed by atoms with Crippen LogP contribution >= 0.6 is 11.8 Å². The van der Waals surface area contributed by atoms with E-state index in [1.165, 1.54) is 18.7 Å². The Hall–Kier alpha value is -1.32. The number of ether oxygens (including phenoxy) is 2. The zero-order chi connectivity index (χ0) is 21.3. The van der Waals surface area contributed by atoms with Gasteiger partial charge in [0.2, 0.25) is 5.91 Å². The molecule has 0 unspecified atom stereocenters. The number of Topliss-reactive ketones (excluding diaryl/α,β-unsaturated/α-hetero) is 1. The van der Waals surface area contributed by atoms with Crippen LogP contribution in [0, 0.1) is 0 Å². The highest BCUT2D eigenvalue weighted by atomic mass is 32.2. The van der Waals surface area contributed by atoms with Gasteiger partial charge in [-0.1, -0.05) is 0 Å². The molecule has 2 amide bonds. The van der Waals surface area contributed by atoms with Crippen molar-refractivity contribution < 1.29 is 29.0 Å². The minimum Gasteiger partial charge on any atom is -0.444 e. The number of alkyl carbamates (subject to hydrolysis) is 1. The Morgan fingerprint density at radius 3 is 2.04 bits per heavy atom. The maximum atomic E-state index is 12.6. The molecule has 0 saturated heterocycles. The lowest BCUT2D eigenvalue weighted by atomic mass is 10.1. The van der Waals surface area contributed by atoms with Gasteiger partial charge in [-0.3, -0.25) is 9.59 Å². The topological polar surface area (TPSA) is 114 Å². The second-order valence-corrected chi connectivity index (χ2v) is 9.24. The molecule has 2 atom stereocenters. The summed E-state index contributed by atoms with van der Waals surface area (Å²) in [5, 5.41) is 14.1. The van der Waals surface area contributed by atoms with Crippen LogP contribution in [0.25, 0.3) is 0 Å². The van der Waals surface area contributed by atoms with Crippen LogP contribution < -0.4 is 10.6 Å². The molecule has 0 aliphatic carbocycles. The van der Waals surface area contributed by atoms with Crippen molar-refractivity contribution in [1.29, 1.82) is 0 Å². The third kappa shape index (κ3) is 13.5. The number of amides is 2. The van der Waals surface area contributed by atoms with E-state index in [0.29, 0.717) is 5.75 Å². The van der Waals surface area contributed by atoms with E-state index in [1.54, 1.807) is 20.8 Å². The van der Waals surface area contributed by atoms with E-state index in [0.717, 1.165) is 0 Å². The fourth-order valence-corrected chi connectivity index (χ4v) is 2.53. The van der Waals surface area contributed by atoms with Crippen LogP contribution in [-0.2, 0) is 19.1 Å². The van der Waals surface area contributed by atoms with Gasteiger partial charge < -0.3 is 25.2 Å². The van der Waals surface area contributed by atoms with Crippen LogP contribution in [0.3, 0.4) is 0 Å². The number of hydrogen-bond donors (Lipinski definition) is 3. The van der Waals surface area contributed by atoms with E-state index >= 15 is 0 Å². The van der Waals surface area contributed by atoms with Gasteiger partial charge in [-0.15, -0.1) is 0 Å². The first-order chi connectivity index (χ1) is 12.2. The highest BCUT2D eigenvalue weighted by Crippen LogP contribution is 2.10. The number of nitrogens with one attached hydrogen (secondary N) is 2. The van der Waals surface area contributed by atoms with Crippen LogP contribution in [0.5, 0.6) is 0 Å². The summed E-state index contributed by atoms with van der Waals surface area (Å²) in [7, 11) is 0. The second-order valence-electron chi connectivity index (χ2n) is 8.09. The quantitative estimate of drug-likeness (QED) is 0.471. The lowest BCUT2D eigenvalue weighted by Crippen LogP contribution is -2.54. The van der Waals surface area contributed by atoms with Crippen molar-refractivity contribution in [2.45, 2.75) is 71.8 Å². The number of carbonyl (C=O) groups is 3. The van der Waals surface area contributed by atoms with Gasteiger partial charge in [0.1, 0.15) is 17.7 Å². The number of carbonyl (C=O) groups excluding carboxylic acids is 3.